The molecule has 0 bridgehead atoms. The minimum atomic E-state index is 0.706. The van der Waals surface area contributed by atoms with E-state index >= 15 is 0 Å². The summed E-state index contributed by atoms with van der Waals surface area (Å²) in [5.74, 6) is 1.02. The Hall–Kier alpha value is -1.13. The van der Waals surface area contributed by atoms with E-state index in [2.05, 4.69) is 15.1 Å². The number of halogens is 1. The molecule has 2 aromatic heterocycles. The summed E-state index contributed by atoms with van der Waals surface area (Å²) in [6.07, 6.45) is 6.93. The van der Waals surface area contributed by atoms with E-state index < -0.39 is 0 Å². The molecule has 5 heteroatoms. The van der Waals surface area contributed by atoms with Crippen LogP contribution in [0.3, 0.4) is 0 Å². The molecule has 0 aliphatic carbocycles. The summed E-state index contributed by atoms with van der Waals surface area (Å²) in [7, 11) is 0. The first-order valence-corrected chi connectivity index (χ1v) is 6.92. The zero-order valence-electron chi connectivity index (χ0n) is 10.3. The van der Waals surface area contributed by atoms with Crippen LogP contribution in [0.15, 0.2) is 18.3 Å². The maximum Gasteiger partial charge on any atom is 0.162 e. The van der Waals surface area contributed by atoms with Crippen LogP contribution < -0.4 is 0 Å². The highest BCUT2D eigenvalue weighted by Gasteiger charge is 2.12. The molecule has 2 aromatic rings. The Morgan fingerprint density at radius 2 is 2.00 bits per heavy atom. The molecule has 18 heavy (non-hydrogen) atoms. The van der Waals surface area contributed by atoms with Gasteiger partial charge in [-0.05, 0) is 32.0 Å². The molecular formula is C13H17ClN4. The van der Waals surface area contributed by atoms with Crippen molar-refractivity contribution < 1.29 is 0 Å². The van der Waals surface area contributed by atoms with Gasteiger partial charge < -0.3 is 4.90 Å². The van der Waals surface area contributed by atoms with E-state index in [1.165, 1.54) is 32.4 Å². The molecule has 3 rings (SSSR count). The highest BCUT2D eigenvalue weighted by molar-refractivity contribution is 6.30. The smallest absolute Gasteiger partial charge is 0.162 e. The van der Waals surface area contributed by atoms with Gasteiger partial charge in [-0.25, -0.2) is 0 Å². The zero-order valence-corrected chi connectivity index (χ0v) is 11.1. The summed E-state index contributed by atoms with van der Waals surface area (Å²) in [5.41, 5.74) is 0.830. The fourth-order valence-electron chi connectivity index (χ4n) is 2.53. The molecule has 0 atom stereocenters. The van der Waals surface area contributed by atoms with Crippen LogP contribution in [0, 0.1) is 0 Å². The lowest BCUT2D eigenvalue weighted by atomic mass is 10.1. The number of piperidine rings is 1. The number of hydrogen-bond donors (Lipinski definition) is 0. The molecule has 1 aliphatic rings. The Kier molecular flexibility index (Phi) is 3.48. The summed E-state index contributed by atoms with van der Waals surface area (Å²) in [6, 6.07) is 3.72. The number of likely N-dealkylation sites (tertiary alicyclic amines) is 1. The fraction of sp³-hybridized carbons (Fsp3) is 0.538. The van der Waals surface area contributed by atoms with Crippen LogP contribution in [-0.4, -0.2) is 39.1 Å². The number of nitrogens with zero attached hydrogens (tertiary/aromatic N) is 4. The van der Waals surface area contributed by atoms with Crippen molar-refractivity contribution in [2.45, 2.75) is 25.7 Å². The van der Waals surface area contributed by atoms with Crippen molar-refractivity contribution >= 4 is 17.2 Å². The van der Waals surface area contributed by atoms with Crippen molar-refractivity contribution in [2.75, 3.05) is 19.6 Å². The maximum absolute atomic E-state index is 5.94. The SMILES string of the molecule is Clc1ccn2c(CCN3CCCCC3)nnc2c1. The third-order valence-corrected chi connectivity index (χ3v) is 3.78. The fourth-order valence-corrected chi connectivity index (χ4v) is 2.68. The van der Waals surface area contributed by atoms with Crippen molar-refractivity contribution in [2.24, 2.45) is 0 Å². The van der Waals surface area contributed by atoms with Gasteiger partial charge >= 0.3 is 0 Å². The van der Waals surface area contributed by atoms with Gasteiger partial charge in [0.15, 0.2) is 5.65 Å². The minimum Gasteiger partial charge on any atom is -0.303 e. The predicted octanol–water partition coefficient (Wildman–Crippen LogP) is 2.41. The number of rotatable bonds is 3. The van der Waals surface area contributed by atoms with E-state index in [0.717, 1.165) is 24.4 Å². The topological polar surface area (TPSA) is 33.4 Å². The van der Waals surface area contributed by atoms with E-state index in [1.807, 2.05) is 22.7 Å². The van der Waals surface area contributed by atoms with Gasteiger partial charge in [0.2, 0.25) is 0 Å². The van der Waals surface area contributed by atoms with E-state index in [0.29, 0.717) is 5.02 Å². The van der Waals surface area contributed by atoms with Crippen LogP contribution in [0.1, 0.15) is 25.1 Å². The average molecular weight is 265 g/mol. The molecule has 0 amide bonds. The van der Waals surface area contributed by atoms with Gasteiger partial charge in [-0.1, -0.05) is 18.0 Å². The summed E-state index contributed by atoms with van der Waals surface area (Å²) < 4.78 is 2.02. The van der Waals surface area contributed by atoms with Gasteiger partial charge in [-0.15, -0.1) is 10.2 Å². The summed E-state index contributed by atoms with van der Waals surface area (Å²) in [5, 5.41) is 9.11. The monoisotopic (exact) mass is 264 g/mol. The third kappa shape index (κ3) is 2.49. The second-order valence-corrected chi connectivity index (χ2v) is 5.28. The quantitative estimate of drug-likeness (QED) is 0.854. The first kappa shape index (κ1) is 11.9. The average Bonchev–Trinajstić information content (AvgIpc) is 2.80. The number of hydrogen-bond acceptors (Lipinski definition) is 3. The lowest BCUT2D eigenvalue weighted by molar-refractivity contribution is 0.230. The molecule has 4 nitrogen and oxygen atoms in total. The highest BCUT2D eigenvalue weighted by Crippen LogP contribution is 2.13. The van der Waals surface area contributed by atoms with Crippen LogP contribution in [0.25, 0.3) is 5.65 Å². The highest BCUT2D eigenvalue weighted by atomic mass is 35.5. The molecule has 0 spiro atoms. The van der Waals surface area contributed by atoms with Crippen LogP contribution >= 0.6 is 11.6 Å². The van der Waals surface area contributed by atoms with Crippen molar-refractivity contribution in [3.8, 4) is 0 Å². The molecule has 1 saturated heterocycles. The predicted molar refractivity (Wildman–Crippen MR) is 72.0 cm³/mol. The standard InChI is InChI=1S/C13H17ClN4/c14-11-4-9-18-12(15-16-13(18)10-11)5-8-17-6-2-1-3-7-17/h4,9-10H,1-3,5-8H2. The summed E-state index contributed by atoms with van der Waals surface area (Å²) in [6.45, 7) is 3.52. The number of aromatic nitrogens is 3. The second-order valence-electron chi connectivity index (χ2n) is 4.84. The van der Waals surface area contributed by atoms with Gasteiger partial charge in [0.25, 0.3) is 0 Å². The van der Waals surface area contributed by atoms with Crippen molar-refractivity contribution in [1.82, 2.24) is 19.5 Å². The lowest BCUT2D eigenvalue weighted by Crippen LogP contribution is -2.31. The van der Waals surface area contributed by atoms with Gasteiger partial charge in [0, 0.05) is 30.3 Å². The summed E-state index contributed by atoms with van der Waals surface area (Å²) >= 11 is 5.94. The molecule has 96 valence electrons. The first-order valence-electron chi connectivity index (χ1n) is 6.54. The van der Waals surface area contributed by atoms with Gasteiger partial charge in [0.05, 0.1) is 0 Å². The van der Waals surface area contributed by atoms with Crippen LogP contribution in [-0.2, 0) is 6.42 Å². The second kappa shape index (κ2) is 5.24. The van der Waals surface area contributed by atoms with Gasteiger partial charge in [0.1, 0.15) is 5.82 Å². The molecule has 0 aromatic carbocycles. The Morgan fingerprint density at radius 3 is 2.83 bits per heavy atom. The van der Waals surface area contributed by atoms with Crippen molar-refractivity contribution in [3.63, 3.8) is 0 Å². The normalized spacial score (nSPS) is 17.4. The molecule has 1 fully saturated rings. The minimum absolute atomic E-state index is 0.706. The molecule has 0 saturated carbocycles. The Bertz CT molecular complexity index is 531. The zero-order chi connectivity index (χ0) is 12.4. The molecular weight excluding hydrogens is 248 g/mol. The largest absolute Gasteiger partial charge is 0.303 e. The molecule has 0 N–H and O–H groups in total. The number of fused-ring (bicyclic) bond motifs is 1. The summed E-state index contributed by atoms with van der Waals surface area (Å²) in [4.78, 5) is 2.51. The van der Waals surface area contributed by atoms with E-state index in [1.54, 1.807) is 0 Å². The molecule has 1 aliphatic heterocycles. The van der Waals surface area contributed by atoms with Gasteiger partial charge in [-0.3, -0.25) is 4.40 Å². The van der Waals surface area contributed by atoms with Crippen LogP contribution in [0.5, 0.6) is 0 Å². The molecule has 0 unspecified atom stereocenters. The maximum atomic E-state index is 5.94. The van der Waals surface area contributed by atoms with Crippen LogP contribution in [0.4, 0.5) is 0 Å². The van der Waals surface area contributed by atoms with Gasteiger partial charge in [-0.2, -0.15) is 0 Å². The Labute approximate surface area is 112 Å². The molecule has 3 heterocycles. The number of pyridine rings is 1. The first-order chi connectivity index (χ1) is 8.83. The van der Waals surface area contributed by atoms with Crippen molar-refractivity contribution in [3.05, 3.63) is 29.2 Å². The Balaban J connectivity index is 1.70. The van der Waals surface area contributed by atoms with E-state index in [-0.39, 0.29) is 0 Å². The van der Waals surface area contributed by atoms with Crippen LogP contribution in [0.2, 0.25) is 5.02 Å². The third-order valence-electron chi connectivity index (χ3n) is 3.54. The van der Waals surface area contributed by atoms with Crippen molar-refractivity contribution in [1.29, 1.82) is 0 Å². The molecule has 0 radical (unpaired) electrons. The lowest BCUT2D eigenvalue weighted by Gasteiger charge is -2.25. The van der Waals surface area contributed by atoms with E-state index in [9.17, 15) is 0 Å². The Morgan fingerprint density at radius 1 is 1.17 bits per heavy atom. The van der Waals surface area contributed by atoms with E-state index in [4.69, 9.17) is 11.6 Å².